The van der Waals surface area contributed by atoms with Crippen molar-refractivity contribution in [2.75, 3.05) is 6.54 Å². The normalized spacial score (nSPS) is 19.8. The summed E-state index contributed by atoms with van der Waals surface area (Å²) in [4.78, 5) is 37.2. The van der Waals surface area contributed by atoms with Gasteiger partial charge >= 0.3 is 5.97 Å². The van der Waals surface area contributed by atoms with E-state index in [1.807, 2.05) is 0 Å². The van der Waals surface area contributed by atoms with Crippen LogP contribution in [0.2, 0.25) is 0 Å². The van der Waals surface area contributed by atoms with Gasteiger partial charge in [0, 0.05) is 19.7 Å². The van der Waals surface area contributed by atoms with Gasteiger partial charge < -0.3 is 10.0 Å². The van der Waals surface area contributed by atoms with Gasteiger partial charge in [0.05, 0.1) is 12.0 Å². The predicted molar refractivity (Wildman–Crippen MR) is 85.4 cm³/mol. The smallest absolute Gasteiger partial charge is 0.309 e. The lowest BCUT2D eigenvalue weighted by molar-refractivity contribution is -0.142. The summed E-state index contributed by atoms with van der Waals surface area (Å²) in [5.41, 5.74) is 0.251. The second-order valence-electron chi connectivity index (χ2n) is 5.91. The molecule has 1 fully saturated rings. The summed E-state index contributed by atoms with van der Waals surface area (Å²) in [6.45, 7) is 0.238. The van der Waals surface area contributed by atoms with Crippen LogP contribution in [0.3, 0.4) is 0 Å². The Morgan fingerprint density at radius 1 is 1.20 bits per heavy atom. The highest BCUT2D eigenvalue weighted by molar-refractivity contribution is 5.93. The first-order chi connectivity index (χ1) is 11.9. The summed E-state index contributed by atoms with van der Waals surface area (Å²) in [6.07, 6.45) is 0.287. The van der Waals surface area contributed by atoms with Gasteiger partial charge in [0.2, 0.25) is 0 Å². The third-order valence-corrected chi connectivity index (χ3v) is 4.37. The second kappa shape index (κ2) is 6.46. The van der Waals surface area contributed by atoms with Crippen LogP contribution in [0.1, 0.15) is 28.5 Å². The molecule has 1 amide bonds. The van der Waals surface area contributed by atoms with Gasteiger partial charge in [-0.1, -0.05) is 12.1 Å². The molecule has 2 aromatic rings. The highest BCUT2D eigenvalue weighted by atomic mass is 19.1. The summed E-state index contributed by atoms with van der Waals surface area (Å²) in [5, 5.41) is 13.4. The van der Waals surface area contributed by atoms with Gasteiger partial charge in [0.15, 0.2) is 0 Å². The fraction of sp³-hybridized carbons (Fsp3) is 0.294. The molecule has 1 aliphatic rings. The third kappa shape index (κ3) is 3.15. The Morgan fingerprint density at radius 2 is 1.88 bits per heavy atom. The quantitative estimate of drug-likeness (QED) is 0.903. The molecule has 3 rings (SSSR count). The van der Waals surface area contributed by atoms with Crippen LogP contribution in [-0.2, 0) is 11.8 Å². The number of carbonyl (C=O) groups excluding carboxylic acids is 1. The fourth-order valence-corrected chi connectivity index (χ4v) is 3.11. The highest BCUT2D eigenvalue weighted by Gasteiger charge is 2.42. The molecule has 1 aliphatic heterocycles. The molecule has 2 atom stereocenters. The summed E-state index contributed by atoms with van der Waals surface area (Å²) in [6, 6.07) is 7.27. The van der Waals surface area contributed by atoms with Gasteiger partial charge in [-0.05, 0) is 30.2 Å². The number of carboxylic acids is 1. The van der Waals surface area contributed by atoms with Gasteiger partial charge in [-0.15, -0.1) is 0 Å². The number of carboxylic acid groups (broad SMARTS) is 1. The summed E-state index contributed by atoms with van der Waals surface area (Å²) in [7, 11) is 1.43. The molecular formula is C17H16FN3O4. The maximum atomic E-state index is 13.2. The van der Waals surface area contributed by atoms with Crippen LogP contribution in [0.4, 0.5) is 4.39 Å². The van der Waals surface area contributed by atoms with Crippen molar-refractivity contribution in [1.29, 1.82) is 0 Å². The minimum absolute atomic E-state index is 0.0558. The zero-order valence-electron chi connectivity index (χ0n) is 13.4. The van der Waals surface area contributed by atoms with Crippen molar-refractivity contribution in [2.24, 2.45) is 13.0 Å². The van der Waals surface area contributed by atoms with Gasteiger partial charge in [0.25, 0.3) is 11.5 Å². The SMILES string of the molecule is Cn1nc(C(=O)N2CC[C@@H](C(=O)O)[C@H]2c2ccc(F)cc2)ccc1=O. The number of rotatable bonds is 3. The number of aliphatic carboxylic acids is 1. The first-order valence-electron chi connectivity index (χ1n) is 7.72. The van der Waals surface area contributed by atoms with Crippen molar-refractivity contribution in [3.05, 3.63) is 63.8 Å². The highest BCUT2D eigenvalue weighted by Crippen LogP contribution is 2.38. The van der Waals surface area contributed by atoms with E-state index in [9.17, 15) is 23.9 Å². The van der Waals surface area contributed by atoms with Crippen LogP contribution in [0.25, 0.3) is 0 Å². The molecule has 1 aromatic carbocycles. The van der Waals surface area contributed by atoms with E-state index in [0.717, 1.165) is 4.68 Å². The molecule has 0 spiro atoms. The van der Waals surface area contributed by atoms with E-state index < -0.39 is 29.7 Å². The molecule has 1 N–H and O–H groups in total. The number of benzene rings is 1. The number of likely N-dealkylation sites (tertiary alicyclic amines) is 1. The number of nitrogens with zero attached hydrogens (tertiary/aromatic N) is 3. The van der Waals surface area contributed by atoms with Crippen LogP contribution < -0.4 is 5.56 Å². The minimum Gasteiger partial charge on any atom is -0.481 e. The van der Waals surface area contributed by atoms with E-state index in [1.165, 1.54) is 48.3 Å². The van der Waals surface area contributed by atoms with Gasteiger partial charge in [0.1, 0.15) is 11.5 Å². The zero-order chi connectivity index (χ0) is 18.1. The van der Waals surface area contributed by atoms with Crippen LogP contribution in [0, 0.1) is 11.7 Å². The third-order valence-electron chi connectivity index (χ3n) is 4.37. The molecule has 0 aliphatic carbocycles. The molecule has 0 bridgehead atoms. The summed E-state index contributed by atoms with van der Waals surface area (Å²) < 4.78 is 14.2. The van der Waals surface area contributed by atoms with Crippen LogP contribution >= 0.6 is 0 Å². The number of carbonyl (C=O) groups is 2. The number of hydrogen-bond acceptors (Lipinski definition) is 4. The van der Waals surface area contributed by atoms with Gasteiger partial charge in [-0.25, -0.2) is 9.07 Å². The Morgan fingerprint density at radius 3 is 2.48 bits per heavy atom. The van der Waals surface area contributed by atoms with E-state index in [4.69, 9.17) is 0 Å². The lowest BCUT2D eigenvalue weighted by atomic mass is 9.93. The summed E-state index contributed by atoms with van der Waals surface area (Å²) >= 11 is 0. The average molecular weight is 345 g/mol. The van der Waals surface area contributed by atoms with Gasteiger partial charge in [-0.2, -0.15) is 5.10 Å². The molecule has 1 aromatic heterocycles. The number of aryl methyl sites for hydroxylation is 1. The maximum Gasteiger partial charge on any atom is 0.309 e. The lowest BCUT2D eigenvalue weighted by Crippen LogP contribution is -2.35. The molecule has 2 heterocycles. The fourth-order valence-electron chi connectivity index (χ4n) is 3.11. The first kappa shape index (κ1) is 16.8. The molecule has 1 saturated heterocycles. The van der Waals surface area contributed by atoms with Crippen molar-refractivity contribution in [3.8, 4) is 0 Å². The second-order valence-corrected chi connectivity index (χ2v) is 5.91. The van der Waals surface area contributed by atoms with Crippen molar-refractivity contribution in [3.63, 3.8) is 0 Å². The van der Waals surface area contributed by atoms with E-state index in [-0.39, 0.29) is 24.2 Å². The van der Waals surface area contributed by atoms with Gasteiger partial charge in [-0.3, -0.25) is 14.4 Å². The molecule has 130 valence electrons. The zero-order valence-corrected chi connectivity index (χ0v) is 13.4. The van der Waals surface area contributed by atoms with Crippen molar-refractivity contribution in [2.45, 2.75) is 12.5 Å². The Labute approximate surface area is 142 Å². The van der Waals surface area contributed by atoms with E-state index >= 15 is 0 Å². The van der Waals surface area contributed by atoms with Crippen molar-refractivity contribution < 1.29 is 19.1 Å². The van der Waals surface area contributed by atoms with E-state index in [2.05, 4.69) is 5.10 Å². The van der Waals surface area contributed by atoms with Crippen LogP contribution in [0.15, 0.2) is 41.2 Å². The monoisotopic (exact) mass is 345 g/mol. The van der Waals surface area contributed by atoms with Crippen molar-refractivity contribution in [1.82, 2.24) is 14.7 Å². The minimum atomic E-state index is -1.02. The standard InChI is InChI=1S/C17H16FN3O4/c1-20-14(22)7-6-13(19-20)16(23)21-9-8-12(17(24)25)15(21)10-2-4-11(18)5-3-10/h2-7,12,15H,8-9H2,1H3,(H,24,25)/t12-,15-/m1/s1. The molecule has 0 radical (unpaired) electrons. The Bertz CT molecular complexity index is 878. The molecule has 7 nitrogen and oxygen atoms in total. The molecule has 8 heteroatoms. The van der Waals surface area contributed by atoms with E-state index in [0.29, 0.717) is 5.56 Å². The first-order valence-corrected chi connectivity index (χ1v) is 7.72. The number of amides is 1. The number of halogens is 1. The molecular weight excluding hydrogens is 329 g/mol. The lowest BCUT2D eigenvalue weighted by Gasteiger charge is -2.27. The Hall–Kier alpha value is -3.03. The topological polar surface area (TPSA) is 92.5 Å². The molecule has 0 saturated carbocycles. The molecule has 0 unspecified atom stereocenters. The Kier molecular flexibility index (Phi) is 4.35. The molecule has 25 heavy (non-hydrogen) atoms. The van der Waals surface area contributed by atoms with Crippen LogP contribution in [-0.4, -0.2) is 38.2 Å². The van der Waals surface area contributed by atoms with E-state index in [1.54, 1.807) is 0 Å². The van der Waals surface area contributed by atoms with Crippen molar-refractivity contribution >= 4 is 11.9 Å². The Balaban J connectivity index is 1.99. The largest absolute Gasteiger partial charge is 0.481 e. The number of aromatic nitrogens is 2. The average Bonchev–Trinajstić information content (AvgIpc) is 3.02. The summed E-state index contributed by atoms with van der Waals surface area (Å²) in [5.74, 6) is -2.71. The predicted octanol–water partition coefficient (Wildman–Crippen LogP) is 1.21. The van der Waals surface area contributed by atoms with Crippen LogP contribution in [0.5, 0.6) is 0 Å². The maximum absolute atomic E-state index is 13.2. The number of hydrogen-bond donors (Lipinski definition) is 1.